The van der Waals surface area contributed by atoms with E-state index in [1.807, 2.05) is 0 Å². The predicted molar refractivity (Wildman–Crippen MR) is 78.1 cm³/mol. The average Bonchev–Trinajstić information content (AvgIpc) is 2.81. The Morgan fingerprint density at radius 3 is 2.90 bits per heavy atom. The van der Waals surface area contributed by atoms with Crippen LogP contribution in [-0.2, 0) is 0 Å². The summed E-state index contributed by atoms with van der Waals surface area (Å²) in [6.45, 7) is 0.322. The number of hydrogen-bond acceptors (Lipinski definition) is 5. The topological polar surface area (TPSA) is 84.6 Å². The van der Waals surface area contributed by atoms with Crippen LogP contribution in [0.1, 0.15) is 11.6 Å². The van der Waals surface area contributed by atoms with Gasteiger partial charge in [-0.05, 0) is 24.3 Å². The molecular weight excluding hydrogens is 296 g/mol. The molecule has 1 atom stereocenters. The van der Waals surface area contributed by atoms with Crippen LogP contribution in [0.4, 0.5) is 11.4 Å². The molecule has 2 aromatic carbocycles. The minimum absolute atomic E-state index is 0.0494. The number of rotatable bonds is 3. The summed E-state index contributed by atoms with van der Waals surface area (Å²) in [6.07, 6.45) is 0. The van der Waals surface area contributed by atoms with Crippen molar-refractivity contribution in [2.45, 2.75) is 6.04 Å². The molecule has 0 aromatic heterocycles. The molecule has 0 saturated heterocycles. The number of hydrogen-bond donors (Lipinski definition) is 2. The van der Waals surface area contributed by atoms with Gasteiger partial charge in [0.05, 0.1) is 11.0 Å². The second-order valence-corrected chi connectivity index (χ2v) is 5.09. The Morgan fingerprint density at radius 2 is 2.14 bits per heavy atom. The molecule has 0 aliphatic carbocycles. The summed E-state index contributed by atoms with van der Waals surface area (Å²) in [5.74, 6) is 0.681. The lowest BCUT2D eigenvalue weighted by Gasteiger charge is -2.13. The highest BCUT2D eigenvalue weighted by atomic mass is 35.5. The van der Waals surface area contributed by atoms with E-state index >= 15 is 0 Å². The molecule has 108 valence electrons. The van der Waals surface area contributed by atoms with E-state index in [4.69, 9.17) is 16.3 Å². The summed E-state index contributed by atoms with van der Waals surface area (Å²) >= 11 is 5.90. The van der Waals surface area contributed by atoms with Crippen LogP contribution in [0.25, 0.3) is 0 Å². The fourth-order valence-corrected chi connectivity index (χ4v) is 2.46. The molecule has 2 aromatic rings. The SMILES string of the molecule is O=[N+]([O-])c1ccc(Cl)cc1NC1COc2cc(O)ccc21. The van der Waals surface area contributed by atoms with Gasteiger partial charge in [0.1, 0.15) is 23.8 Å². The van der Waals surface area contributed by atoms with Crippen molar-refractivity contribution in [1.29, 1.82) is 0 Å². The van der Waals surface area contributed by atoms with E-state index in [1.54, 1.807) is 12.1 Å². The third-order valence-electron chi connectivity index (χ3n) is 3.26. The summed E-state index contributed by atoms with van der Waals surface area (Å²) in [7, 11) is 0. The highest BCUT2D eigenvalue weighted by Crippen LogP contribution is 2.38. The zero-order valence-electron chi connectivity index (χ0n) is 10.7. The first kappa shape index (κ1) is 13.5. The van der Waals surface area contributed by atoms with E-state index in [1.165, 1.54) is 24.3 Å². The van der Waals surface area contributed by atoms with E-state index in [2.05, 4.69) is 5.32 Å². The monoisotopic (exact) mass is 306 g/mol. The molecule has 0 radical (unpaired) electrons. The van der Waals surface area contributed by atoms with Crippen molar-refractivity contribution in [2.24, 2.45) is 0 Å². The van der Waals surface area contributed by atoms with Gasteiger partial charge in [0.2, 0.25) is 0 Å². The van der Waals surface area contributed by atoms with Crippen LogP contribution in [-0.4, -0.2) is 16.6 Å². The van der Waals surface area contributed by atoms with Gasteiger partial charge >= 0.3 is 0 Å². The number of nitrogens with zero attached hydrogens (tertiary/aromatic N) is 1. The molecule has 7 heteroatoms. The first-order valence-corrected chi connectivity index (χ1v) is 6.58. The Kier molecular flexibility index (Phi) is 3.31. The molecule has 0 bridgehead atoms. The van der Waals surface area contributed by atoms with Crippen molar-refractivity contribution in [3.05, 3.63) is 57.1 Å². The van der Waals surface area contributed by atoms with Crippen molar-refractivity contribution in [1.82, 2.24) is 0 Å². The Balaban J connectivity index is 1.93. The molecule has 1 heterocycles. The number of nitrogens with one attached hydrogen (secondary N) is 1. The fraction of sp³-hybridized carbons (Fsp3) is 0.143. The number of phenolic OH excluding ortho intramolecular Hbond substituents is 1. The van der Waals surface area contributed by atoms with Crippen molar-refractivity contribution in [2.75, 3.05) is 11.9 Å². The Labute approximate surface area is 125 Å². The van der Waals surface area contributed by atoms with Crippen molar-refractivity contribution >= 4 is 23.0 Å². The molecule has 1 unspecified atom stereocenters. The molecule has 1 aliphatic heterocycles. The van der Waals surface area contributed by atoms with Gasteiger partial charge in [-0.15, -0.1) is 0 Å². The van der Waals surface area contributed by atoms with Gasteiger partial charge in [0, 0.05) is 22.7 Å². The van der Waals surface area contributed by atoms with Gasteiger partial charge in [-0.3, -0.25) is 10.1 Å². The Hall–Kier alpha value is -2.47. The van der Waals surface area contributed by atoms with Crippen LogP contribution in [0.15, 0.2) is 36.4 Å². The number of ether oxygens (including phenoxy) is 1. The number of nitro groups is 1. The smallest absolute Gasteiger partial charge is 0.292 e. The van der Waals surface area contributed by atoms with Crippen LogP contribution in [0.2, 0.25) is 5.02 Å². The van der Waals surface area contributed by atoms with Crippen LogP contribution in [0.5, 0.6) is 11.5 Å². The molecule has 21 heavy (non-hydrogen) atoms. The average molecular weight is 307 g/mol. The fourth-order valence-electron chi connectivity index (χ4n) is 2.29. The maximum absolute atomic E-state index is 11.1. The van der Waals surface area contributed by atoms with E-state index in [9.17, 15) is 15.2 Å². The molecule has 0 fully saturated rings. The number of aromatic hydroxyl groups is 1. The minimum atomic E-state index is -0.466. The first-order chi connectivity index (χ1) is 10.0. The molecule has 0 saturated carbocycles. The second kappa shape index (κ2) is 5.14. The number of fused-ring (bicyclic) bond motifs is 1. The highest BCUT2D eigenvalue weighted by molar-refractivity contribution is 6.31. The third-order valence-corrected chi connectivity index (χ3v) is 3.50. The quantitative estimate of drug-likeness (QED) is 0.669. The highest BCUT2D eigenvalue weighted by Gasteiger charge is 2.26. The molecular formula is C14H11ClN2O4. The summed E-state index contributed by atoms with van der Waals surface area (Å²) in [4.78, 5) is 10.6. The normalized spacial score (nSPS) is 16.1. The Bertz CT molecular complexity index is 720. The van der Waals surface area contributed by atoms with E-state index in [-0.39, 0.29) is 17.5 Å². The predicted octanol–water partition coefficient (Wildman–Crippen LogP) is 3.50. The molecule has 0 amide bonds. The van der Waals surface area contributed by atoms with E-state index < -0.39 is 4.92 Å². The van der Waals surface area contributed by atoms with Crippen LogP contribution in [0, 0.1) is 10.1 Å². The summed E-state index contributed by atoms with van der Waals surface area (Å²) in [5, 5.41) is 24.0. The van der Waals surface area contributed by atoms with Crippen molar-refractivity contribution < 1.29 is 14.8 Å². The Morgan fingerprint density at radius 1 is 1.33 bits per heavy atom. The van der Waals surface area contributed by atoms with Gasteiger partial charge in [-0.2, -0.15) is 0 Å². The molecule has 6 nitrogen and oxygen atoms in total. The largest absolute Gasteiger partial charge is 0.508 e. The lowest BCUT2D eigenvalue weighted by Crippen LogP contribution is -2.13. The summed E-state index contributed by atoms with van der Waals surface area (Å²) in [5.41, 5.74) is 1.12. The third kappa shape index (κ3) is 2.57. The van der Waals surface area contributed by atoms with E-state index in [0.29, 0.717) is 23.1 Å². The maximum atomic E-state index is 11.1. The first-order valence-electron chi connectivity index (χ1n) is 6.21. The number of anilines is 1. The van der Waals surface area contributed by atoms with Crippen molar-refractivity contribution in [3.8, 4) is 11.5 Å². The van der Waals surface area contributed by atoms with Crippen LogP contribution >= 0.6 is 11.6 Å². The van der Waals surface area contributed by atoms with Gasteiger partial charge in [-0.25, -0.2) is 0 Å². The zero-order chi connectivity index (χ0) is 15.0. The van der Waals surface area contributed by atoms with Gasteiger partial charge in [-0.1, -0.05) is 11.6 Å². The standard InChI is InChI=1S/C14H11ClN2O4/c15-8-1-4-13(17(19)20)11(5-8)16-12-7-21-14-6-9(18)2-3-10(12)14/h1-6,12,16,18H,7H2. The number of nitro benzene ring substituents is 1. The number of halogens is 1. The summed E-state index contributed by atoms with van der Waals surface area (Å²) < 4.78 is 5.47. The van der Waals surface area contributed by atoms with Crippen LogP contribution < -0.4 is 10.1 Å². The number of benzene rings is 2. The summed E-state index contributed by atoms with van der Waals surface area (Å²) in [6, 6.07) is 8.90. The molecule has 1 aliphatic rings. The van der Waals surface area contributed by atoms with Crippen molar-refractivity contribution in [3.63, 3.8) is 0 Å². The molecule has 3 rings (SSSR count). The van der Waals surface area contributed by atoms with E-state index in [0.717, 1.165) is 5.56 Å². The lowest BCUT2D eigenvalue weighted by atomic mass is 10.1. The zero-order valence-corrected chi connectivity index (χ0v) is 11.5. The van der Waals surface area contributed by atoms with Gasteiger partial charge < -0.3 is 15.2 Å². The molecule has 0 spiro atoms. The van der Waals surface area contributed by atoms with Gasteiger partial charge in [0.15, 0.2) is 0 Å². The molecule has 2 N–H and O–H groups in total. The second-order valence-electron chi connectivity index (χ2n) is 4.65. The lowest BCUT2D eigenvalue weighted by molar-refractivity contribution is -0.384. The minimum Gasteiger partial charge on any atom is -0.508 e. The maximum Gasteiger partial charge on any atom is 0.292 e. The van der Waals surface area contributed by atoms with Crippen LogP contribution in [0.3, 0.4) is 0 Å². The number of phenols is 1. The van der Waals surface area contributed by atoms with Gasteiger partial charge in [0.25, 0.3) is 5.69 Å².